The molecule has 0 fully saturated rings. The molecular formula is C18H18N4O2. The number of aromatic nitrogens is 2. The predicted octanol–water partition coefficient (Wildman–Crippen LogP) is 3.45. The number of hydrogen-bond acceptors (Lipinski definition) is 6. The zero-order valence-electron chi connectivity index (χ0n) is 13.5. The first-order valence-electron chi connectivity index (χ1n) is 7.52. The molecule has 0 atom stereocenters. The number of hydrogen-bond donors (Lipinski definition) is 2. The molecule has 122 valence electrons. The fourth-order valence-corrected chi connectivity index (χ4v) is 2.41. The van der Waals surface area contributed by atoms with Gasteiger partial charge in [-0.05, 0) is 36.2 Å². The van der Waals surface area contributed by atoms with Gasteiger partial charge >= 0.3 is 0 Å². The van der Waals surface area contributed by atoms with Gasteiger partial charge in [-0.2, -0.15) is 0 Å². The molecule has 0 aliphatic heterocycles. The van der Waals surface area contributed by atoms with Crippen LogP contribution in [0, 0.1) is 0 Å². The Bertz CT molecular complexity index is 876. The summed E-state index contributed by atoms with van der Waals surface area (Å²) in [5, 5.41) is 16.3. The SMILES string of the molecule is COc1ccc2ncnc(NCc3ccc(/C(C)=N/O)cc3)c2c1. The Kier molecular flexibility index (Phi) is 4.56. The molecule has 6 heteroatoms. The van der Waals surface area contributed by atoms with Crippen LogP contribution in [0.2, 0.25) is 0 Å². The number of anilines is 1. The second-order valence-corrected chi connectivity index (χ2v) is 5.34. The zero-order chi connectivity index (χ0) is 16.9. The third-order valence-corrected chi connectivity index (χ3v) is 3.82. The number of nitrogens with one attached hydrogen (secondary N) is 1. The Balaban J connectivity index is 1.80. The van der Waals surface area contributed by atoms with Crippen molar-refractivity contribution in [2.24, 2.45) is 5.16 Å². The predicted molar refractivity (Wildman–Crippen MR) is 93.9 cm³/mol. The minimum absolute atomic E-state index is 0.586. The van der Waals surface area contributed by atoms with E-state index in [-0.39, 0.29) is 0 Å². The first-order valence-corrected chi connectivity index (χ1v) is 7.52. The molecule has 2 aromatic carbocycles. The van der Waals surface area contributed by atoms with E-state index in [1.807, 2.05) is 42.5 Å². The largest absolute Gasteiger partial charge is 0.497 e. The van der Waals surface area contributed by atoms with Crippen molar-refractivity contribution in [3.8, 4) is 5.75 Å². The lowest BCUT2D eigenvalue weighted by atomic mass is 10.1. The fraction of sp³-hybridized carbons (Fsp3) is 0.167. The highest BCUT2D eigenvalue weighted by Gasteiger charge is 2.05. The summed E-state index contributed by atoms with van der Waals surface area (Å²) in [6, 6.07) is 13.5. The highest BCUT2D eigenvalue weighted by atomic mass is 16.5. The van der Waals surface area contributed by atoms with Crippen molar-refractivity contribution in [3.05, 3.63) is 59.9 Å². The van der Waals surface area contributed by atoms with Crippen LogP contribution < -0.4 is 10.1 Å². The lowest BCUT2D eigenvalue weighted by Gasteiger charge is -2.10. The molecule has 0 amide bonds. The van der Waals surface area contributed by atoms with Gasteiger partial charge in [-0.15, -0.1) is 0 Å². The minimum atomic E-state index is 0.586. The van der Waals surface area contributed by atoms with E-state index in [2.05, 4.69) is 20.4 Å². The Morgan fingerprint density at radius 2 is 1.96 bits per heavy atom. The Morgan fingerprint density at radius 3 is 2.67 bits per heavy atom. The number of rotatable bonds is 5. The average Bonchev–Trinajstić information content (AvgIpc) is 2.65. The maximum atomic E-state index is 8.80. The summed E-state index contributed by atoms with van der Waals surface area (Å²) in [5.41, 5.74) is 3.43. The summed E-state index contributed by atoms with van der Waals surface area (Å²) in [4.78, 5) is 8.60. The van der Waals surface area contributed by atoms with Gasteiger partial charge in [-0.3, -0.25) is 0 Å². The van der Waals surface area contributed by atoms with Gasteiger partial charge in [0.15, 0.2) is 0 Å². The maximum absolute atomic E-state index is 8.80. The van der Waals surface area contributed by atoms with Crippen LogP contribution in [-0.2, 0) is 6.54 Å². The highest BCUT2D eigenvalue weighted by Crippen LogP contribution is 2.24. The summed E-state index contributed by atoms with van der Waals surface area (Å²) in [5.74, 6) is 1.53. The molecule has 0 unspecified atom stereocenters. The minimum Gasteiger partial charge on any atom is -0.497 e. The molecule has 0 spiro atoms. The summed E-state index contributed by atoms with van der Waals surface area (Å²) in [6.45, 7) is 2.38. The van der Waals surface area contributed by atoms with E-state index >= 15 is 0 Å². The maximum Gasteiger partial charge on any atom is 0.137 e. The lowest BCUT2D eigenvalue weighted by Crippen LogP contribution is -2.03. The van der Waals surface area contributed by atoms with Crippen molar-refractivity contribution in [1.29, 1.82) is 0 Å². The van der Waals surface area contributed by atoms with E-state index in [0.717, 1.165) is 33.6 Å². The zero-order valence-corrected chi connectivity index (χ0v) is 13.5. The van der Waals surface area contributed by atoms with E-state index in [9.17, 15) is 0 Å². The molecule has 1 aromatic heterocycles. The van der Waals surface area contributed by atoms with E-state index in [0.29, 0.717) is 12.3 Å². The smallest absolute Gasteiger partial charge is 0.137 e. The van der Waals surface area contributed by atoms with Gasteiger partial charge in [0.1, 0.15) is 17.9 Å². The number of benzene rings is 2. The number of nitrogens with zero attached hydrogens (tertiary/aromatic N) is 3. The first kappa shape index (κ1) is 15.7. The van der Waals surface area contributed by atoms with Crippen LogP contribution in [0.4, 0.5) is 5.82 Å². The third kappa shape index (κ3) is 3.27. The van der Waals surface area contributed by atoms with E-state index in [1.54, 1.807) is 20.4 Å². The molecule has 3 rings (SSSR count). The van der Waals surface area contributed by atoms with Gasteiger partial charge < -0.3 is 15.3 Å². The number of methoxy groups -OCH3 is 1. The molecular weight excluding hydrogens is 304 g/mol. The van der Waals surface area contributed by atoms with Crippen molar-refractivity contribution in [1.82, 2.24) is 9.97 Å². The van der Waals surface area contributed by atoms with Gasteiger partial charge in [0.25, 0.3) is 0 Å². The van der Waals surface area contributed by atoms with E-state index in [1.165, 1.54) is 0 Å². The summed E-state index contributed by atoms with van der Waals surface area (Å²) in [6.07, 6.45) is 1.54. The molecule has 0 saturated carbocycles. The molecule has 0 bridgehead atoms. The van der Waals surface area contributed by atoms with Crippen molar-refractivity contribution >= 4 is 22.4 Å². The number of fused-ring (bicyclic) bond motifs is 1. The normalized spacial score (nSPS) is 11.5. The van der Waals surface area contributed by atoms with Crippen molar-refractivity contribution in [2.45, 2.75) is 13.5 Å². The molecule has 2 N–H and O–H groups in total. The van der Waals surface area contributed by atoms with Gasteiger partial charge in [0.05, 0.1) is 18.3 Å². The van der Waals surface area contributed by atoms with Crippen LogP contribution in [0.3, 0.4) is 0 Å². The summed E-state index contributed by atoms with van der Waals surface area (Å²) < 4.78 is 5.27. The molecule has 3 aromatic rings. The van der Waals surface area contributed by atoms with E-state index < -0.39 is 0 Å². The van der Waals surface area contributed by atoms with Gasteiger partial charge in [-0.1, -0.05) is 29.4 Å². The second kappa shape index (κ2) is 6.95. The molecule has 0 aliphatic rings. The van der Waals surface area contributed by atoms with Crippen LogP contribution in [0.25, 0.3) is 10.9 Å². The van der Waals surface area contributed by atoms with Crippen LogP contribution in [0.15, 0.2) is 53.9 Å². The standard InChI is InChI=1S/C18H18N4O2/c1-12(22-23)14-5-3-13(4-6-14)10-19-18-16-9-15(24-2)7-8-17(16)20-11-21-18/h3-9,11,23H,10H2,1-2H3,(H,19,20,21)/b22-12+. The van der Waals surface area contributed by atoms with Crippen molar-refractivity contribution < 1.29 is 9.94 Å². The summed E-state index contributed by atoms with van der Waals surface area (Å²) >= 11 is 0. The van der Waals surface area contributed by atoms with Crippen LogP contribution in [-0.4, -0.2) is 28.0 Å². The molecule has 6 nitrogen and oxygen atoms in total. The lowest BCUT2D eigenvalue weighted by molar-refractivity contribution is 0.319. The van der Waals surface area contributed by atoms with Crippen LogP contribution in [0.1, 0.15) is 18.1 Å². The molecule has 0 radical (unpaired) electrons. The fourth-order valence-electron chi connectivity index (χ4n) is 2.41. The first-order chi connectivity index (χ1) is 11.7. The quantitative estimate of drug-likeness (QED) is 0.427. The van der Waals surface area contributed by atoms with Gasteiger partial charge in [-0.25, -0.2) is 9.97 Å². The molecule has 0 aliphatic carbocycles. The van der Waals surface area contributed by atoms with Crippen LogP contribution in [0.5, 0.6) is 5.75 Å². The molecule has 0 saturated heterocycles. The Morgan fingerprint density at radius 1 is 1.17 bits per heavy atom. The molecule has 1 heterocycles. The van der Waals surface area contributed by atoms with Gasteiger partial charge in [0.2, 0.25) is 0 Å². The number of oxime groups is 1. The summed E-state index contributed by atoms with van der Waals surface area (Å²) in [7, 11) is 1.64. The Hall–Kier alpha value is -3.15. The van der Waals surface area contributed by atoms with Gasteiger partial charge in [0, 0.05) is 11.9 Å². The Labute approximate surface area is 139 Å². The van der Waals surface area contributed by atoms with Crippen LogP contribution >= 0.6 is 0 Å². The van der Waals surface area contributed by atoms with Crippen molar-refractivity contribution in [3.63, 3.8) is 0 Å². The average molecular weight is 322 g/mol. The topological polar surface area (TPSA) is 79.6 Å². The highest BCUT2D eigenvalue weighted by molar-refractivity contribution is 5.98. The second-order valence-electron chi connectivity index (χ2n) is 5.34. The third-order valence-electron chi connectivity index (χ3n) is 3.82. The monoisotopic (exact) mass is 322 g/mol. The molecule has 24 heavy (non-hydrogen) atoms. The van der Waals surface area contributed by atoms with E-state index in [4.69, 9.17) is 9.94 Å². The van der Waals surface area contributed by atoms with Crippen molar-refractivity contribution in [2.75, 3.05) is 12.4 Å². The number of ether oxygens (including phenoxy) is 1.